The second kappa shape index (κ2) is 12.0. The third kappa shape index (κ3) is 13.2. The van der Waals surface area contributed by atoms with E-state index in [9.17, 15) is 4.79 Å². The van der Waals surface area contributed by atoms with E-state index >= 15 is 0 Å². The zero-order valence-corrected chi connectivity index (χ0v) is 13.1. The number of carbonyl (C=O) groups is 1. The lowest BCUT2D eigenvalue weighted by molar-refractivity contribution is -0.117. The molecule has 0 fully saturated rings. The number of hydrogen-bond acceptors (Lipinski definition) is 2. The van der Waals surface area contributed by atoms with Gasteiger partial charge in [-0.15, -0.1) is 0 Å². The topological polar surface area (TPSA) is 30.2 Å². The van der Waals surface area contributed by atoms with Gasteiger partial charge in [0.05, 0.1) is 6.26 Å². The van der Waals surface area contributed by atoms with Crippen molar-refractivity contribution >= 4 is 5.78 Å². The summed E-state index contributed by atoms with van der Waals surface area (Å²) in [4.78, 5) is 10.4. The van der Waals surface area contributed by atoms with Crippen molar-refractivity contribution in [3.63, 3.8) is 0 Å². The Bertz CT molecular complexity index is 299. The van der Waals surface area contributed by atoms with Crippen LogP contribution in [0.15, 0.2) is 22.8 Å². The number of aryl methyl sites for hydroxylation is 1. The number of furan rings is 1. The lowest BCUT2D eigenvalue weighted by Gasteiger charge is -2.00. The van der Waals surface area contributed by atoms with E-state index in [0.29, 0.717) is 5.78 Å². The standard InChI is InChI=1S/C9H14O.C8H16O/c1-2-3-4-6-9-7-5-8-10-9;1-7(2)5-4-6-8(3)9/h5,7-8H,2-4,6H2,1H3;7H,4-6H2,1-3H3. The monoisotopic (exact) mass is 266 g/mol. The van der Waals surface area contributed by atoms with Crippen molar-refractivity contribution in [3.05, 3.63) is 24.2 Å². The second-order valence-corrected chi connectivity index (χ2v) is 5.52. The molecule has 0 unspecified atom stereocenters. The molecule has 110 valence electrons. The molecule has 0 aliphatic carbocycles. The summed E-state index contributed by atoms with van der Waals surface area (Å²) >= 11 is 0. The SMILES string of the molecule is CC(=O)CCCC(C)C.CCCCCc1ccco1. The quantitative estimate of drug-likeness (QED) is 0.588. The molecule has 0 radical (unpaired) electrons. The first-order chi connectivity index (χ1) is 9.06. The fraction of sp³-hybridized carbons (Fsp3) is 0.706. The molecule has 0 amide bonds. The van der Waals surface area contributed by atoms with E-state index in [1.54, 1.807) is 13.2 Å². The van der Waals surface area contributed by atoms with Crippen molar-refractivity contribution in [1.82, 2.24) is 0 Å². The minimum atomic E-state index is 0.315. The molecule has 0 aromatic carbocycles. The Morgan fingerprint density at radius 2 is 2.00 bits per heavy atom. The lowest BCUT2D eigenvalue weighted by atomic mass is 10.1. The van der Waals surface area contributed by atoms with Crippen molar-refractivity contribution in [1.29, 1.82) is 0 Å². The molecule has 19 heavy (non-hydrogen) atoms. The average molecular weight is 266 g/mol. The molecule has 0 saturated carbocycles. The molecule has 0 bridgehead atoms. The summed E-state index contributed by atoms with van der Waals surface area (Å²) in [6, 6.07) is 3.98. The van der Waals surface area contributed by atoms with Gasteiger partial charge in [0, 0.05) is 12.8 Å². The fourth-order valence-electron chi connectivity index (χ4n) is 1.76. The van der Waals surface area contributed by atoms with E-state index in [1.807, 2.05) is 12.1 Å². The summed E-state index contributed by atoms with van der Waals surface area (Å²) in [5.74, 6) is 2.17. The van der Waals surface area contributed by atoms with Crippen molar-refractivity contribution in [2.24, 2.45) is 5.92 Å². The Labute approximate surface area is 118 Å². The molecule has 1 aromatic heterocycles. The fourth-order valence-corrected chi connectivity index (χ4v) is 1.76. The largest absolute Gasteiger partial charge is 0.469 e. The zero-order valence-electron chi connectivity index (χ0n) is 13.1. The van der Waals surface area contributed by atoms with Gasteiger partial charge in [0.2, 0.25) is 0 Å². The molecule has 0 aliphatic heterocycles. The van der Waals surface area contributed by atoms with Crippen molar-refractivity contribution in [3.8, 4) is 0 Å². The maximum absolute atomic E-state index is 10.4. The Kier molecular flexibility index (Phi) is 11.3. The molecule has 2 nitrogen and oxygen atoms in total. The van der Waals surface area contributed by atoms with Crippen LogP contribution in [0, 0.1) is 5.92 Å². The second-order valence-electron chi connectivity index (χ2n) is 5.52. The van der Waals surface area contributed by atoms with E-state index in [1.165, 1.54) is 25.7 Å². The number of unbranched alkanes of at least 4 members (excludes halogenated alkanes) is 2. The van der Waals surface area contributed by atoms with Crippen molar-refractivity contribution in [2.75, 3.05) is 0 Å². The van der Waals surface area contributed by atoms with Crippen molar-refractivity contribution in [2.45, 2.75) is 72.6 Å². The highest BCUT2D eigenvalue weighted by Gasteiger charge is 1.95. The van der Waals surface area contributed by atoms with E-state index in [-0.39, 0.29) is 0 Å². The third-order valence-corrected chi connectivity index (χ3v) is 2.92. The Morgan fingerprint density at radius 3 is 2.47 bits per heavy atom. The zero-order chi connectivity index (χ0) is 14.5. The van der Waals surface area contributed by atoms with Crippen LogP contribution in [-0.2, 0) is 11.2 Å². The summed E-state index contributed by atoms with van der Waals surface area (Å²) < 4.78 is 5.18. The van der Waals surface area contributed by atoms with E-state index in [0.717, 1.165) is 30.9 Å². The van der Waals surface area contributed by atoms with Crippen LogP contribution < -0.4 is 0 Å². The third-order valence-electron chi connectivity index (χ3n) is 2.92. The van der Waals surface area contributed by atoms with Gasteiger partial charge in [-0.25, -0.2) is 0 Å². The normalized spacial score (nSPS) is 10.2. The van der Waals surface area contributed by atoms with Gasteiger partial charge in [0.25, 0.3) is 0 Å². The van der Waals surface area contributed by atoms with Crippen LogP contribution in [0.3, 0.4) is 0 Å². The van der Waals surface area contributed by atoms with Gasteiger partial charge in [-0.3, -0.25) is 0 Å². The molecule has 2 heteroatoms. The average Bonchev–Trinajstić information content (AvgIpc) is 2.82. The Hall–Kier alpha value is -1.05. The van der Waals surface area contributed by atoms with E-state index in [4.69, 9.17) is 4.42 Å². The number of Topliss-reactive ketones (excluding diaryl/α,β-unsaturated/α-hetero) is 1. The molecule has 1 heterocycles. The summed E-state index contributed by atoms with van der Waals surface area (Å²) in [6.45, 7) is 8.22. The van der Waals surface area contributed by atoms with Crippen LogP contribution in [0.25, 0.3) is 0 Å². The van der Waals surface area contributed by atoms with Crippen LogP contribution in [0.2, 0.25) is 0 Å². The van der Waals surface area contributed by atoms with Crippen molar-refractivity contribution < 1.29 is 9.21 Å². The minimum Gasteiger partial charge on any atom is -0.469 e. The first-order valence-electron chi connectivity index (χ1n) is 7.58. The van der Waals surface area contributed by atoms with Gasteiger partial charge >= 0.3 is 0 Å². The van der Waals surface area contributed by atoms with Gasteiger partial charge in [0.1, 0.15) is 11.5 Å². The number of ketones is 1. The van der Waals surface area contributed by atoms with Crippen LogP contribution in [0.5, 0.6) is 0 Å². The summed E-state index contributed by atoms with van der Waals surface area (Å²) in [6.07, 6.45) is 9.68. The minimum absolute atomic E-state index is 0.315. The highest BCUT2D eigenvalue weighted by molar-refractivity contribution is 5.75. The molecule has 1 rings (SSSR count). The number of rotatable bonds is 8. The molecule has 0 spiro atoms. The number of hydrogen-bond donors (Lipinski definition) is 0. The van der Waals surface area contributed by atoms with Crippen LogP contribution in [-0.4, -0.2) is 5.78 Å². The van der Waals surface area contributed by atoms with Gasteiger partial charge < -0.3 is 9.21 Å². The molecule has 0 N–H and O–H groups in total. The van der Waals surface area contributed by atoms with Crippen LogP contribution in [0.1, 0.15) is 72.0 Å². The van der Waals surface area contributed by atoms with E-state index in [2.05, 4.69) is 20.8 Å². The summed E-state index contributed by atoms with van der Waals surface area (Å²) in [7, 11) is 0. The van der Waals surface area contributed by atoms with E-state index < -0.39 is 0 Å². The Morgan fingerprint density at radius 1 is 1.26 bits per heavy atom. The van der Waals surface area contributed by atoms with Gasteiger partial charge in [-0.2, -0.15) is 0 Å². The van der Waals surface area contributed by atoms with Crippen LogP contribution >= 0.6 is 0 Å². The molecular formula is C17H30O2. The first kappa shape index (κ1) is 17.9. The Balaban J connectivity index is 0.000000344. The highest BCUT2D eigenvalue weighted by Crippen LogP contribution is 2.06. The molecule has 0 aliphatic rings. The summed E-state index contributed by atoms with van der Waals surface area (Å²) in [5.41, 5.74) is 0. The molecule has 0 saturated heterocycles. The molecular weight excluding hydrogens is 236 g/mol. The highest BCUT2D eigenvalue weighted by atomic mass is 16.3. The molecule has 0 atom stereocenters. The lowest BCUT2D eigenvalue weighted by Crippen LogP contribution is -1.92. The maximum atomic E-state index is 10.4. The smallest absolute Gasteiger partial charge is 0.129 e. The van der Waals surface area contributed by atoms with Gasteiger partial charge in [-0.1, -0.05) is 40.0 Å². The maximum Gasteiger partial charge on any atom is 0.129 e. The predicted molar refractivity (Wildman–Crippen MR) is 81.3 cm³/mol. The molecule has 1 aromatic rings. The predicted octanol–water partition coefficient (Wildman–Crippen LogP) is 5.41. The van der Waals surface area contributed by atoms with Crippen LogP contribution in [0.4, 0.5) is 0 Å². The summed E-state index contributed by atoms with van der Waals surface area (Å²) in [5, 5.41) is 0. The van der Waals surface area contributed by atoms with Gasteiger partial charge in [0.15, 0.2) is 0 Å². The number of carbonyl (C=O) groups excluding carboxylic acids is 1. The first-order valence-corrected chi connectivity index (χ1v) is 7.58. The van der Waals surface area contributed by atoms with Gasteiger partial charge in [-0.05, 0) is 37.8 Å².